The highest BCUT2D eigenvalue weighted by Crippen LogP contribution is 2.44. The van der Waals surface area contributed by atoms with Gasteiger partial charge in [-0.05, 0) is 67.9 Å². The van der Waals surface area contributed by atoms with Crippen LogP contribution in [-0.4, -0.2) is 49.7 Å². The Morgan fingerprint density at radius 2 is 1.77 bits per heavy atom. The summed E-state index contributed by atoms with van der Waals surface area (Å²) >= 11 is 0. The molecule has 0 bridgehead atoms. The van der Waals surface area contributed by atoms with Crippen molar-refractivity contribution in [2.24, 2.45) is 11.1 Å². The molecule has 35 heavy (non-hydrogen) atoms. The molecule has 2 heterocycles. The van der Waals surface area contributed by atoms with Gasteiger partial charge in [0.2, 0.25) is 5.91 Å². The molecule has 2 amide bonds. The fourth-order valence-electron chi connectivity index (χ4n) is 5.47. The minimum atomic E-state index is -0.421. The number of hydrogen-bond acceptors (Lipinski definition) is 5. The molecule has 1 aliphatic carbocycles. The lowest BCUT2D eigenvalue weighted by molar-refractivity contribution is -0.127. The number of anilines is 1. The lowest BCUT2D eigenvalue weighted by Crippen LogP contribution is -2.46. The van der Waals surface area contributed by atoms with E-state index in [2.05, 4.69) is 12.1 Å². The number of likely N-dealkylation sites (tertiary alicyclic amines) is 1. The topological polar surface area (TPSA) is 99.7 Å². The Kier molecular flexibility index (Phi) is 6.09. The molecule has 0 aromatic heterocycles. The van der Waals surface area contributed by atoms with Gasteiger partial charge in [0.05, 0.1) is 12.5 Å². The highest BCUT2D eigenvalue weighted by molar-refractivity contribution is 6.09. The van der Waals surface area contributed by atoms with Gasteiger partial charge in [-0.25, -0.2) is 0 Å². The van der Waals surface area contributed by atoms with E-state index in [-0.39, 0.29) is 11.8 Å². The molecule has 2 aromatic rings. The maximum Gasteiger partial charge on any atom is 0.253 e. The van der Waals surface area contributed by atoms with Crippen LogP contribution >= 0.6 is 0 Å². The van der Waals surface area contributed by atoms with Crippen molar-refractivity contribution in [2.75, 3.05) is 31.6 Å². The van der Waals surface area contributed by atoms with E-state index in [1.54, 1.807) is 7.11 Å². The molecule has 0 radical (unpaired) electrons. The molecule has 2 saturated heterocycles. The van der Waals surface area contributed by atoms with Gasteiger partial charge in [0, 0.05) is 60.5 Å². The van der Waals surface area contributed by atoms with Crippen LogP contribution in [0.15, 0.2) is 48.7 Å². The normalized spacial score (nSPS) is 19.8. The first-order valence-electron chi connectivity index (χ1n) is 12.3. The predicted octanol–water partition coefficient (Wildman–Crippen LogP) is 4.18. The standard InChI is InChI=1S/C28H32N4O3/c1-35-25-16-23(8-9-24(25)22(17-29)18-30)32-15-12-28(27(32)34)10-13-31(14-11-28)26(33)21-6-4-20(5-7-21)19-2-3-19/h4-9,16-19,29H,2-3,10-15,30H2,1H3/b22-18+,29-17?. The molecule has 7 nitrogen and oxygen atoms in total. The quantitative estimate of drug-likeness (QED) is 0.616. The molecule has 1 saturated carbocycles. The molecule has 1 spiro atoms. The number of piperidine rings is 1. The number of ether oxygens (including phenoxy) is 1. The Balaban J connectivity index is 1.26. The zero-order valence-corrected chi connectivity index (χ0v) is 20.1. The van der Waals surface area contributed by atoms with Crippen molar-refractivity contribution in [1.29, 1.82) is 5.41 Å². The summed E-state index contributed by atoms with van der Waals surface area (Å²) in [6.07, 6.45) is 7.19. The van der Waals surface area contributed by atoms with Crippen molar-refractivity contribution in [3.8, 4) is 5.75 Å². The van der Waals surface area contributed by atoms with E-state index < -0.39 is 5.41 Å². The zero-order valence-electron chi connectivity index (χ0n) is 20.1. The van der Waals surface area contributed by atoms with Crippen LogP contribution in [0.25, 0.3) is 5.57 Å². The number of carbonyl (C=O) groups excluding carboxylic acids is 2. The van der Waals surface area contributed by atoms with E-state index in [0.29, 0.717) is 55.3 Å². The number of nitrogens with zero attached hydrogens (tertiary/aromatic N) is 2. The van der Waals surface area contributed by atoms with Crippen LogP contribution in [0, 0.1) is 10.8 Å². The minimum Gasteiger partial charge on any atom is -0.496 e. The van der Waals surface area contributed by atoms with Gasteiger partial charge < -0.3 is 25.7 Å². The average Bonchev–Trinajstić information content (AvgIpc) is 3.71. The van der Waals surface area contributed by atoms with Crippen molar-refractivity contribution in [3.63, 3.8) is 0 Å². The predicted molar refractivity (Wildman–Crippen MR) is 137 cm³/mol. The fourth-order valence-corrected chi connectivity index (χ4v) is 5.47. The van der Waals surface area contributed by atoms with Gasteiger partial charge in [0.1, 0.15) is 5.75 Å². The second-order valence-electron chi connectivity index (χ2n) is 9.83. The maximum atomic E-state index is 13.6. The molecular formula is C28H32N4O3. The van der Waals surface area contributed by atoms with Crippen LogP contribution in [0.1, 0.15) is 59.5 Å². The Hall–Kier alpha value is -3.61. The molecule has 2 aromatic carbocycles. The number of hydrogen-bond donors (Lipinski definition) is 2. The van der Waals surface area contributed by atoms with Crippen LogP contribution in [0.4, 0.5) is 5.69 Å². The van der Waals surface area contributed by atoms with Gasteiger partial charge >= 0.3 is 0 Å². The van der Waals surface area contributed by atoms with Crippen LogP contribution in [0.5, 0.6) is 5.75 Å². The Labute approximate surface area is 206 Å². The second-order valence-corrected chi connectivity index (χ2v) is 9.83. The highest BCUT2D eigenvalue weighted by atomic mass is 16.5. The van der Waals surface area contributed by atoms with Gasteiger partial charge in [0.15, 0.2) is 0 Å². The molecular weight excluding hydrogens is 440 g/mol. The number of amides is 2. The molecule has 7 heteroatoms. The summed E-state index contributed by atoms with van der Waals surface area (Å²) in [5.74, 6) is 1.43. The van der Waals surface area contributed by atoms with Gasteiger partial charge in [-0.3, -0.25) is 9.59 Å². The third-order valence-electron chi connectivity index (χ3n) is 7.87. The number of nitrogens with one attached hydrogen (secondary N) is 1. The first-order valence-corrected chi connectivity index (χ1v) is 12.3. The summed E-state index contributed by atoms with van der Waals surface area (Å²) in [7, 11) is 1.57. The molecule has 0 unspecified atom stereocenters. The summed E-state index contributed by atoms with van der Waals surface area (Å²) in [6.45, 7) is 1.83. The van der Waals surface area contributed by atoms with Crippen molar-refractivity contribution < 1.29 is 14.3 Å². The van der Waals surface area contributed by atoms with E-state index in [0.717, 1.165) is 17.7 Å². The zero-order chi connectivity index (χ0) is 24.6. The summed E-state index contributed by atoms with van der Waals surface area (Å²) in [5, 5.41) is 7.56. The van der Waals surface area contributed by atoms with Gasteiger partial charge in [0.25, 0.3) is 5.91 Å². The third-order valence-corrected chi connectivity index (χ3v) is 7.87. The number of nitrogens with two attached hydrogens (primary N) is 1. The largest absolute Gasteiger partial charge is 0.496 e. The molecule has 182 valence electrons. The molecule has 2 aliphatic heterocycles. The van der Waals surface area contributed by atoms with Crippen LogP contribution in [0.2, 0.25) is 0 Å². The highest BCUT2D eigenvalue weighted by Gasteiger charge is 2.49. The number of rotatable bonds is 6. The van der Waals surface area contributed by atoms with Crippen molar-refractivity contribution in [2.45, 2.75) is 38.0 Å². The lowest BCUT2D eigenvalue weighted by Gasteiger charge is -2.38. The molecule has 0 atom stereocenters. The Bertz CT molecular complexity index is 1180. The van der Waals surface area contributed by atoms with Gasteiger partial charge in [-0.15, -0.1) is 0 Å². The fraction of sp³-hybridized carbons (Fsp3) is 0.393. The van der Waals surface area contributed by atoms with Crippen LogP contribution in [-0.2, 0) is 4.79 Å². The van der Waals surface area contributed by atoms with Crippen LogP contribution in [0.3, 0.4) is 0 Å². The lowest BCUT2D eigenvalue weighted by atomic mass is 9.77. The average molecular weight is 473 g/mol. The second kappa shape index (κ2) is 9.21. The van der Waals surface area contributed by atoms with Crippen LogP contribution < -0.4 is 15.4 Å². The van der Waals surface area contributed by atoms with Crippen molar-refractivity contribution in [1.82, 2.24) is 4.90 Å². The summed E-state index contributed by atoms with van der Waals surface area (Å²) in [4.78, 5) is 30.4. The molecule has 3 aliphatic rings. The number of allylic oxidation sites excluding steroid dienone is 1. The summed E-state index contributed by atoms with van der Waals surface area (Å²) in [5.41, 5.74) is 9.33. The summed E-state index contributed by atoms with van der Waals surface area (Å²) < 4.78 is 5.53. The van der Waals surface area contributed by atoms with Crippen molar-refractivity contribution in [3.05, 3.63) is 65.4 Å². The molecule has 3 N–H and O–H groups in total. The Morgan fingerprint density at radius 1 is 1.09 bits per heavy atom. The monoisotopic (exact) mass is 472 g/mol. The maximum absolute atomic E-state index is 13.6. The first-order chi connectivity index (χ1) is 17.0. The molecule has 5 rings (SSSR count). The van der Waals surface area contributed by atoms with E-state index >= 15 is 0 Å². The van der Waals surface area contributed by atoms with Crippen molar-refractivity contribution >= 4 is 29.3 Å². The number of benzene rings is 2. The SMILES string of the molecule is COc1cc(N2CCC3(CCN(C(=O)c4ccc(C5CC5)cc4)CC3)C2=O)ccc1/C(C=N)=C/N. The van der Waals surface area contributed by atoms with E-state index in [9.17, 15) is 9.59 Å². The number of methoxy groups -OCH3 is 1. The van der Waals surface area contributed by atoms with E-state index in [4.69, 9.17) is 15.9 Å². The van der Waals surface area contributed by atoms with Gasteiger partial charge in [-0.1, -0.05) is 12.1 Å². The molecule has 3 fully saturated rings. The summed E-state index contributed by atoms with van der Waals surface area (Å²) in [6, 6.07) is 13.6. The smallest absolute Gasteiger partial charge is 0.253 e. The number of carbonyl (C=O) groups is 2. The minimum absolute atomic E-state index is 0.0554. The van der Waals surface area contributed by atoms with Gasteiger partial charge in [-0.2, -0.15) is 0 Å². The Morgan fingerprint density at radius 3 is 2.37 bits per heavy atom. The first kappa shape index (κ1) is 23.1. The third kappa shape index (κ3) is 4.20. The van der Waals surface area contributed by atoms with E-state index in [1.807, 2.05) is 40.1 Å². The van der Waals surface area contributed by atoms with E-state index in [1.165, 1.54) is 30.8 Å².